The lowest BCUT2D eigenvalue weighted by molar-refractivity contribution is 0.0769. The summed E-state index contributed by atoms with van der Waals surface area (Å²) in [7, 11) is 0. The van der Waals surface area contributed by atoms with Gasteiger partial charge in [-0.15, -0.1) is 0 Å². The van der Waals surface area contributed by atoms with Gasteiger partial charge in [-0.25, -0.2) is 0 Å². The molecule has 18 heavy (non-hydrogen) atoms. The molecule has 0 aromatic carbocycles. The highest BCUT2D eigenvalue weighted by atomic mass is 16.4. The number of hydrogen-bond acceptors (Lipinski definition) is 4. The number of aliphatic hydroxyl groups is 2. The molecule has 1 atom stereocenters. The van der Waals surface area contributed by atoms with Crippen LogP contribution in [-0.4, -0.2) is 15.2 Å². The van der Waals surface area contributed by atoms with Crippen molar-refractivity contribution in [3.8, 4) is 0 Å². The minimum absolute atomic E-state index is 0.392. The number of pyridine rings is 1. The standard InChI is InChI=1S/C14H17NO3/c1-9-10(14(2,3)17)8-12(18-9)13(16)11-6-4-5-7-15-11/h4-8,13,16-17H,1-3H3. The predicted molar refractivity (Wildman–Crippen MR) is 67.0 cm³/mol. The summed E-state index contributed by atoms with van der Waals surface area (Å²) < 4.78 is 5.51. The molecule has 2 heterocycles. The number of aromatic nitrogens is 1. The van der Waals surface area contributed by atoms with E-state index in [9.17, 15) is 10.2 Å². The lowest BCUT2D eigenvalue weighted by Crippen LogP contribution is -2.15. The van der Waals surface area contributed by atoms with Gasteiger partial charge in [-0.05, 0) is 39.0 Å². The summed E-state index contributed by atoms with van der Waals surface area (Å²) in [6.07, 6.45) is 0.701. The normalized spacial score (nSPS) is 13.6. The van der Waals surface area contributed by atoms with Gasteiger partial charge >= 0.3 is 0 Å². The van der Waals surface area contributed by atoms with E-state index in [1.165, 1.54) is 0 Å². The van der Waals surface area contributed by atoms with E-state index in [0.29, 0.717) is 22.8 Å². The summed E-state index contributed by atoms with van der Waals surface area (Å²) in [5.74, 6) is 0.996. The number of rotatable bonds is 3. The van der Waals surface area contributed by atoms with E-state index < -0.39 is 11.7 Å². The first-order valence-corrected chi connectivity index (χ1v) is 5.82. The molecule has 0 aliphatic heterocycles. The van der Waals surface area contributed by atoms with Crippen molar-refractivity contribution >= 4 is 0 Å². The van der Waals surface area contributed by atoms with Gasteiger partial charge in [0.25, 0.3) is 0 Å². The van der Waals surface area contributed by atoms with Gasteiger partial charge in [-0.1, -0.05) is 6.07 Å². The van der Waals surface area contributed by atoms with Crippen LogP contribution in [-0.2, 0) is 5.60 Å². The Kier molecular flexibility index (Phi) is 3.24. The summed E-state index contributed by atoms with van der Waals surface area (Å²) in [6.45, 7) is 5.13. The number of nitrogens with zero attached hydrogens (tertiary/aromatic N) is 1. The predicted octanol–water partition coefficient (Wildman–Crippen LogP) is 2.29. The Morgan fingerprint density at radius 3 is 2.56 bits per heavy atom. The first-order valence-electron chi connectivity index (χ1n) is 5.82. The molecule has 0 bridgehead atoms. The van der Waals surface area contributed by atoms with Crippen molar-refractivity contribution in [2.75, 3.05) is 0 Å². The van der Waals surface area contributed by atoms with Crippen LogP contribution >= 0.6 is 0 Å². The number of aryl methyl sites for hydroxylation is 1. The van der Waals surface area contributed by atoms with E-state index in [2.05, 4.69) is 4.98 Å². The van der Waals surface area contributed by atoms with Crippen molar-refractivity contribution in [1.82, 2.24) is 4.98 Å². The maximum Gasteiger partial charge on any atom is 0.153 e. The molecule has 1 unspecified atom stereocenters. The van der Waals surface area contributed by atoms with E-state index in [0.717, 1.165) is 0 Å². The Morgan fingerprint density at radius 1 is 1.33 bits per heavy atom. The van der Waals surface area contributed by atoms with E-state index in [1.807, 2.05) is 0 Å². The highest BCUT2D eigenvalue weighted by Crippen LogP contribution is 2.30. The van der Waals surface area contributed by atoms with Gasteiger partial charge in [0.05, 0.1) is 11.3 Å². The van der Waals surface area contributed by atoms with Gasteiger partial charge in [0.15, 0.2) is 6.10 Å². The zero-order chi connectivity index (χ0) is 13.3. The minimum atomic E-state index is -0.990. The van der Waals surface area contributed by atoms with Crippen molar-refractivity contribution in [2.24, 2.45) is 0 Å². The lowest BCUT2D eigenvalue weighted by Gasteiger charge is -2.15. The minimum Gasteiger partial charge on any atom is -0.463 e. The van der Waals surface area contributed by atoms with Crippen molar-refractivity contribution in [3.63, 3.8) is 0 Å². The summed E-state index contributed by atoms with van der Waals surface area (Å²) >= 11 is 0. The van der Waals surface area contributed by atoms with Crippen LogP contribution in [0, 0.1) is 6.92 Å². The van der Waals surface area contributed by atoms with Crippen LogP contribution < -0.4 is 0 Å². The Balaban J connectivity index is 2.36. The maximum absolute atomic E-state index is 10.2. The monoisotopic (exact) mass is 247 g/mol. The molecule has 2 rings (SSSR count). The molecule has 0 saturated carbocycles. The molecule has 2 aromatic heterocycles. The van der Waals surface area contributed by atoms with Gasteiger partial charge in [0.1, 0.15) is 11.5 Å². The van der Waals surface area contributed by atoms with Crippen molar-refractivity contribution in [3.05, 3.63) is 53.2 Å². The topological polar surface area (TPSA) is 66.5 Å². The average Bonchev–Trinajstić information content (AvgIpc) is 2.71. The molecular weight excluding hydrogens is 230 g/mol. The summed E-state index contributed by atoms with van der Waals surface area (Å²) in [5.41, 5.74) is 0.205. The Labute approximate surface area is 106 Å². The Hall–Kier alpha value is -1.65. The lowest BCUT2D eigenvalue weighted by atomic mass is 9.98. The van der Waals surface area contributed by atoms with Gasteiger partial charge in [-0.2, -0.15) is 0 Å². The third-order valence-corrected chi connectivity index (χ3v) is 2.83. The highest BCUT2D eigenvalue weighted by molar-refractivity contribution is 5.29. The van der Waals surface area contributed by atoms with Gasteiger partial charge in [-0.3, -0.25) is 4.98 Å². The van der Waals surface area contributed by atoms with E-state index in [-0.39, 0.29) is 0 Å². The van der Waals surface area contributed by atoms with Crippen LogP contribution in [0.5, 0.6) is 0 Å². The molecule has 4 nitrogen and oxygen atoms in total. The number of furan rings is 1. The second-order valence-corrected chi connectivity index (χ2v) is 4.83. The van der Waals surface area contributed by atoms with E-state index >= 15 is 0 Å². The third-order valence-electron chi connectivity index (χ3n) is 2.83. The molecule has 0 amide bonds. The molecule has 0 fully saturated rings. The number of aliphatic hydroxyl groups excluding tert-OH is 1. The second kappa shape index (κ2) is 4.55. The van der Waals surface area contributed by atoms with Crippen LogP contribution in [0.3, 0.4) is 0 Å². The van der Waals surface area contributed by atoms with Crippen LogP contribution in [0.15, 0.2) is 34.9 Å². The van der Waals surface area contributed by atoms with Gasteiger partial charge in [0, 0.05) is 11.8 Å². The van der Waals surface area contributed by atoms with Gasteiger partial charge in [0.2, 0.25) is 0 Å². The fraction of sp³-hybridized carbons (Fsp3) is 0.357. The maximum atomic E-state index is 10.2. The second-order valence-electron chi connectivity index (χ2n) is 4.83. The summed E-state index contributed by atoms with van der Waals surface area (Å²) in [6, 6.07) is 6.99. The summed E-state index contributed by atoms with van der Waals surface area (Å²) in [4.78, 5) is 4.08. The molecule has 2 N–H and O–H groups in total. The molecule has 0 spiro atoms. The Bertz CT molecular complexity index is 526. The molecule has 2 aromatic rings. The first kappa shape index (κ1) is 12.8. The van der Waals surface area contributed by atoms with Crippen LogP contribution in [0.25, 0.3) is 0 Å². The van der Waals surface area contributed by atoms with Crippen molar-refractivity contribution < 1.29 is 14.6 Å². The van der Waals surface area contributed by atoms with Crippen LogP contribution in [0.4, 0.5) is 0 Å². The molecular formula is C14H17NO3. The summed E-state index contributed by atoms with van der Waals surface area (Å²) in [5, 5.41) is 20.1. The molecule has 0 aliphatic carbocycles. The quantitative estimate of drug-likeness (QED) is 0.873. The average molecular weight is 247 g/mol. The smallest absolute Gasteiger partial charge is 0.153 e. The zero-order valence-corrected chi connectivity index (χ0v) is 10.7. The SMILES string of the molecule is Cc1oc(C(O)c2ccccn2)cc1C(C)(C)O. The van der Waals surface area contributed by atoms with Crippen molar-refractivity contribution in [2.45, 2.75) is 32.5 Å². The zero-order valence-electron chi connectivity index (χ0n) is 10.7. The van der Waals surface area contributed by atoms with Crippen LogP contribution in [0.1, 0.15) is 42.7 Å². The van der Waals surface area contributed by atoms with Crippen molar-refractivity contribution in [1.29, 1.82) is 0 Å². The Morgan fingerprint density at radius 2 is 2.06 bits per heavy atom. The van der Waals surface area contributed by atoms with E-state index in [1.54, 1.807) is 51.2 Å². The largest absolute Gasteiger partial charge is 0.463 e. The van der Waals surface area contributed by atoms with Crippen LogP contribution in [0.2, 0.25) is 0 Å². The molecule has 0 radical (unpaired) electrons. The first-order chi connectivity index (χ1) is 8.39. The molecule has 0 aliphatic rings. The fourth-order valence-electron chi connectivity index (χ4n) is 1.93. The highest BCUT2D eigenvalue weighted by Gasteiger charge is 2.25. The molecule has 96 valence electrons. The molecule has 0 saturated heterocycles. The third kappa shape index (κ3) is 2.44. The van der Waals surface area contributed by atoms with E-state index in [4.69, 9.17) is 4.42 Å². The number of hydrogen-bond donors (Lipinski definition) is 2. The fourth-order valence-corrected chi connectivity index (χ4v) is 1.93. The van der Waals surface area contributed by atoms with Gasteiger partial charge < -0.3 is 14.6 Å². The molecule has 4 heteroatoms.